The lowest BCUT2D eigenvalue weighted by Gasteiger charge is -2.06. The number of nitrogens with one attached hydrogen (secondary N) is 1. The van der Waals surface area contributed by atoms with Crippen molar-refractivity contribution in [1.29, 1.82) is 0 Å². The summed E-state index contributed by atoms with van der Waals surface area (Å²) in [4.78, 5) is 11.5. The SMILES string of the molecule is NNC(=O)c1c(O)ccc2ccccc12. The second-order valence-corrected chi connectivity index (χ2v) is 3.15. The Morgan fingerprint density at radius 3 is 2.67 bits per heavy atom. The van der Waals surface area contributed by atoms with Crippen LogP contribution in [0.4, 0.5) is 0 Å². The van der Waals surface area contributed by atoms with Crippen LogP contribution in [-0.2, 0) is 0 Å². The minimum atomic E-state index is -0.496. The largest absolute Gasteiger partial charge is 0.507 e. The summed E-state index contributed by atoms with van der Waals surface area (Å²) in [5, 5.41) is 11.2. The molecule has 0 radical (unpaired) electrons. The predicted molar refractivity (Wildman–Crippen MR) is 57.3 cm³/mol. The molecule has 0 aliphatic heterocycles. The number of hydrogen-bond acceptors (Lipinski definition) is 3. The molecule has 0 heterocycles. The summed E-state index contributed by atoms with van der Waals surface area (Å²) in [7, 11) is 0. The maximum atomic E-state index is 11.5. The zero-order valence-electron chi connectivity index (χ0n) is 7.90. The molecule has 0 unspecified atom stereocenters. The molecule has 2 rings (SSSR count). The highest BCUT2D eigenvalue weighted by atomic mass is 16.3. The molecule has 0 saturated heterocycles. The number of phenols is 1. The predicted octanol–water partition coefficient (Wildman–Crippen LogP) is 1.15. The number of aromatic hydroxyl groups is 1. The van der Waals surface area contributed by atoms with Gasteiger partial charge in [-0.2, -0.15) is 0 Å². The molecule has 1 amide bonds. The van der Waals surface area contributed by atoms with Gasteiger partial charge < -0.3 is 5.11 Å². The number of carbonyl (C=O) groups is 1. The molecule has 0 aliphatic rings. The van der Waals surface area contributed by atoms with E-state index in [2.05, 4.69) is 0 Å². The topological polar surface area (TPSA) is 75.3 Å². The minimum Gasteiger partial charge on any atom is -0.507 e. The average Bonchev–Trinajstić information content (AvgIpc) is 2.28. The van der Waals surface area contributed by atoms with Crippen molar-refractivity contribution in [2.75, 3.05) is 0 Å². The van der Waals surface area contributed by atoms with Crippen LogP contribution in [-0.4, -0.2) is 11.0 Å². The Bertz CT molecular complexity index is 523. The van der Waals surface area contributed by atoms with Crippen LogP contribution in [0.25, 0.3) is 10.8 Å². The Morgan fingerprint density at radius 2 is 1.93 bits per heavy atom. The van der Waals surface area contributed by atoms with E-state index in [1.807, 2.05) is 17.6 Å². The molecular formula is C11H10N2O2. The number of amides is 1. The van der Waals surface area contributed by atoms with Gasteiger partial charge in [-0.3, -0.25) is 10.2 Å². The van der Waals surface area contributed by atoms with Gasteiger partial charge in [0.25, 0.3) is 5.91 Å². The second kappa shape index (κ2) is 3.59. The Hall–Kier alpha value is -2.07. The quantitative estimate of drug-likeness (QED) is 0.369. The fourth-order valence-electron chi connectivity index (χ4n) is 1.57. The standard InChI is InChI=1S/C11H10N2O2/c12-13-11(15)10-8-4-2-1-3-7(8)5-6-9(10)14/h1-6,14H,12H2,(H,13,15). The summed E-state index contributed by atoms with van der Waals surface area (Å²) >= 11 is 0. The second-order valence-electron chi connectivity index (χ2n) is 3.15. The number of hydrazine groups is 1. The Kier molecular flexibility index (Phi) is 2.27. The molecule has 4 nitrogen and oxygen atoms in total. The number of fused-ring (bicyclic) bond motifs is 1. The maximum absolute atomic E-state index is 11.5. The van der Waals surface area contributed by atoms with Crippen LogP contribution in [0.2, 0.25) is 0 Å². The molecule has 2 aromatic rings. The third-order valence-electron chi connectivity index (χ3n) is 2.27. The van der Waals surface area contributed by atoms with Gasteiger partial charge in [0.05, 0.1) is 5.56 Å². The van der Waals surface area contributed by atoms with Crippen molar-refractivity contribution in [2.24, 2.45) is 5.84 Å². The molecule has 0 aliphatic carbocycles. The van der Waals surface area contributed by atoms with E-state index in [1.165, 1.54) is 6.07 Å². The molecule has 15 heavy (non-hydrogen) atoms. The molecule has 0 spiro atoms. The van der Waals surface area contributed by atoms with Crippen molar-refractivity contribution in [2.45, 2.75) is 0 Å². The maximum Gasteiger partial charge on any atom is 0.269 e. The van der Waals surface area contributed by atoms with E-state index in [0.29, 0.717) is 5.39 Å². The first-order valence-electron chi connectivity index (χ1n) is 4.45. The van der Waals surface area contributed by atoms with Crippen LogP contribution in [0.5, 0.6) is 5.75 Å². The third kappa shape index (κ3) is 1.51. The summed E-state index contributed by atoms with van der Waals surface area (Å²) in [5.41, 5.74) is 2.22. The van der Waals surface area contributed by atoms with Crippen molar-refractivity contribution in [3.05, 3.63) is 42.0 Å². The molecule has 2 aromatic carbocycles. The van der Waals surface area contributed by atoms with Gasteiger partial charge in [0.15, 0.2) is 0 Å². The van der Waals surface area contributed by atoms with E-state index in [0.717, 1.165) is 5.39 Å². The zero-order chi connectivity index (χ0) is 10.8. The van der Waals surface area contributed by atoms with Crippen LogP contribution in [0, 0.1) is 0 Å². The molecule has 76 valence electrons. The van der Waals surface area contributed by atoms with E-state index >= 15 is 0 Å². The van der Waals surface area contributed by atoms with Gasteiger partial charge >= 0.3 is 0 Å². The molecular weight excluding hydrogens is 192 g/mol. The number of benzene rings is 2. The summed E-state index contributed by atoms with van der Waals surface area (Å²) in [6.45, 7) is 0. The lowest BCUT2D eigenvalue weighted by Crippen LogP contribution is -2.30. The average molecular weight is 202 g/mol. The lowest BCUT2D eigenvalue weighted by molar-refractivity contribution is 0.0953. The number of nitrogen functional groups attached to an aromatic ring is 1. The van der Waals surface area contributed by atoms with Crippen LogP contribution in [0.3, 0.4) is 0 Å². The zero-order valence-corrected chi connectivity index (χ0v) is 7.90. The van der Waals surface area contributed by atoms with E-state index in [-0.39, 0.29) is 11.3 Å². The van der Waals surface area contributed by atoms with Crippen LogP contribution < -0.4 is 11.3 Å². The number of carbonyl (C=O) groups excluding carboxylic acids is 1. The fourth-order valence-corrected chi connectivity index (χ4v) is 1.57. The first-order valence-corrected chi connectivity index (χ1v) is 4.45. The van der Waals surface area contributed by atoms with Crippen molar-refractivity contribution < 1.29 is 9.90 Å². The first kappa shape index (κ1) is 9.48. The summed E-state index contributed by atoms with van der Waals surface area (Å²) < 4.78 is 0. The van der Waals surface area contributed by atoms with E-state index in [9.17, 15) is 9.90 Å². The summed E-state index contributed by atoms with van der Waals surface area (Å²) in [5.74, 6) is 4.48. The highest BCUT2D eigenvalue weighted by molar-refractivity contribution is 6.09. The molecule has 4 heteroatoms. The summed E-state index contributed by atoms with van der Waals surface area (Å²) in [6, 6.07) is 10.5. The highest BCUT2D eigenvalue weighted by Gasteiger charge is 2.13. The van der Waals surface area contributed by atoms with Gasteiger partial charge in [0, 0.05) is 0 Å². The van der Waals surface area contributed by atoms with Crippen molar-refractivity contribution in [3.63, 3.8) is 0 Å². The first-order chi connectivity index (χ1) is 7.24. The van der Waals surface area contributed by atoms with Crippen molar-refractivity contribution >= 4 is 16.7 Å². The van der Waals surface area contributed by atoms with Crippen LogP contribution in [0.15, 0.2) is 36.4 Å². The van der Waals surface area contributed by atoms with E-state index < -0.39 is 5.91 Å². The molecule has 0 fully saturated rings. The number of nitrogens with two attached hydrogens (primary N) is 1. The smallest absolute Gasteiger partial charge is 0.269 e. The highest BCUT2D eigenvalue weighted by Crippen LogP contribution is 2.26. The number of hydrogen-bond donors (Lipinski definition) is 3. The van der Waals surface area contributed by atoms with Gasteiger partial charge in [-0.1, -0.05) is 30.3 Å². The van der Waals surface area contributed by atoms with Gasteiger partial charge in [0.2, 0.25) is 0 Å². The monoisotopic (exact) mass is 202 g/mol. The Balaban J connectivity index is 2.79. The van der Waals surface area contributed by atoms with Gasteiger partial charge in [-0.05, 0) is 16.8 Å². The molecule has 0 bridgehead atoms. The van der Waals surface area contributed by atoms with Crippen LogP contribution >= 0.6 is 0 Å². The van der Waals surface area contributed by atoms with Crippen molar-refractivity contribution in [3.8, 4) is 5.75 Å². The van der Waals surface area contributed by atoms with Crippen molar-refractivity contribution in [1.82, 2.24) is 5.43 Å². The third-order valence-corrected chi connectivity index (χ3v) is 2.27. The Morgan fingerprint density at radius 1 is 1.20 bits per heavy atom. The van der Waals surface area contributed by atoms with Gasteiger partial charge in [0.1, 0.15) is 5.75 Å². The molecule has 0 saturated carbocycles. The molecule has 0 atom stereocenters. The lowest BCUT2D eigenvalue weighted by atomic mass is 10.0. The van der Waals surface area contributed by atoms with Crippen LogP contribution in [0.1, 0.15) is 10.4 Å². The van der Waals surface area contributed by atoms with E-state index in [1.54, 1.807) is 18.2 Å². The normalized spacial score (nSPS) is 10.2. The molecule has 4 N–H and O–H groups in total. The Labute approximate surface area is 86.3 Å². The number of phenolic OH excluding ortho intramolecular Hbond substituents is 1. The fraction of sp³-hybridized carbons (Fsp3) is 0. The number of rotatable bonds is 1. The van der Waals surface area contributed by atoms with Gasteiger partial charge in [-0.25, -0.2) is 5.84 Å². The van der Waals surface area contributed by atoms with E-state index in [4.69, 9.17) is 5.84 Å². The summed E-state index contributed by atoms with van der Waals surface area (Å²) in [6.07, 6.45) is 0. The minimum absolute atomic E-state index is 0.0725. The van der Waals surface area contributed by atoms with Gasteiger partial charge in [-0.15, -0.1) is 0 Å². The molecule has 0 aromatic heterocycles.